The number of hydrogen-bond acceptors (Lipinski definition) is 2. The summed E-state index contributed by atoms with van der Waals surface area (Å²) >= 11 is 0. The fourth-order valence-electron chi connectivity index (χ4n) is 1.03. The van der Waals surface area contributed by atoms with E-state index >= 15 is 0 Å². The SMILES string of the molecule is COC1CCNCC1.[V]. The van der Waals surface area contributed by atoms with Gasteiger partial charge in [-0.15, -0.1) is 0 Å². The third kappa shape index (κ3) is 3.26. The van der Waals surface area contributed by atoms with Crippen molar-refractivity contribution in [3.05, 3.63) is 0 Å². The van der Waals surface area contributed by atoms with Crippen molar-refractivity contribution in [2.45, 2.75) is 18.9 Å². The van der Waals surface area contributed by atoms with Crippen LogP contribution >= 0.6 is 0 Å². The van der Waals surface area contributed by atoms with Gasteiger partial charge in [-0.2, -0.15) is 0 Å². The van der Waals surface area contributed by atoms with Gasteiger partial charge in [0.2, 0.25) is 0 Å². The molecule has 0 unspecified atom stereocenters. The first-order valence-electron chi connectivity index (χ1n) is 3.17. The molecule has 0 aliphatic carbocycles. The van der Waals surface area contributed by atoms with E-state index in [-0.39, 0.29) is 18.6 Å². The number of nitrogens with one attached hydrogen (secondary N) is 1. The predicted octanol–water partition coefficient (Wildman–Crippen LogP) is 0.382. The minimum Gasteiger partial charge on any atom is -0.381 e. The first-order chi connectivity index (χ1) is 3.93. The van der Waals surface area contributed by atoms with Crippen LogP contribution < -0.4 is 5.32 Å². The number of hydrogen-bond donors (Lipinski definition) is 1. The summed E-state index contributed by atoms with van der Waals surface area (Å²) in [6.07, 6.45) is 2.88. The molecule has 1 heterocycles. The summed E-state index contributed by atoms with van der Waals surface area (Å²) in [6, 6.07) is 0. The second-order valence-electron chi connectivity index (χ2n) is 2.19. The molecule has 1 rings (SSSR count). The Bertz CT molecular complexity index is 64.1. The fourth-order valence-corrected chi connectivity index (χ4v) is 1.03. The molecule has 1 aliphatic rings. The second kappa shape index (κ2) is 5.30. The molecule has 3 heteroatoms. The van der Waals surface area contributed by atoms with Crippen molar-refractivity contribution in [1.29, 1.82) is 0 Å². The van der Waals surface area contributed by atoms with Crippen molar-refractivity contribution in [2.24, 2.45) is 0 Å². The monoisotopic (exact) mass is 166 g/mol. The Morgan fingerprint density at radius 1 is 1.33 bits per heavy atom. The Hall–Kier alpha value is 0.504. The van der Waals surface area contributed by atoms with Gasteiger partial charge in [0.15, 0.2) is 0 Å². The van der Waals surface area contributed by atoms with Crippen LogP contribution in [0.15, 0.2) is 0 Å². The van der Waals surface area contributed by atoms with Crippen molar-refractivity contribution in [2.75, 3.05) is 20.2 Å². The molecule has 0 aromatic rings. The number of ether oxygens (including phenoxy) is 1. The molecule has 1 fully saturated rings. The quantitative estimate of drug-likeness (QED) is 0.608. The van der Waals surface area contributed by atoms with E-state index in [0.717, 1.165) is 13.1 Å². The molecule has 0 aromatic carbocycles. The van der Waals surface area contributed by atoms with E-state index in [1.165, 1.54) is 12.8 Å². The van der Waals surface area contributed by atoms with E-state index in [0.29, 0.717) is 6.10 Å². The predicted molar refractivity (Wildman–Crippen MR) is 32.9 cm³/mol. The van der Waals surface area contributed by atoms with Crippen molar-refractivity contribution >= 4 is 0 Å². The van der Waals surface area contributed by atoms with Crippen LogP contribution in [0.2, 0.25) is 0 Å². The molecule has 9 heavy (non-hydrogen) atoms. The Kier molecular flexibility index (Phi) is 5.60. The summed E-state index contributed by atoms with van der Waals surface area (Å²) < 4.78 is 5.15. The third-order valence-corrected chi connectivity index (χ3v) is 1.62. The molecule has 0 amide bonds. The van der Waals surface area contributed by atoms with E-state index in [2.05, 4.69) is 5.32 Å². The molecule has 1 radical (unpaired) electrons. The Labute approximate surface area is 68.2 Å². The van der Waals surface area contributed by atoms with Gasteiger partial charge in [0.1, 0.15) is 0 Å². The van der Waals surface area contributed by atoms with Gasteiger partial charge in [-0.05, 0) is 25.9 Å². The Morgan fingerprint density at radius 2 is 1.89 bits per heavy atom. The van der Waals surface area contributed by atoms with Crippen LogP contribution in [-0.2, 0) is 23.3 Å². The van der Waals surface area contributed by atoms with Gasteiger partial charge >= 0.3 is 0 Å². The maximum Gasteiger partial charge on any atom is 0.0595 e. The van der Waals surface area contributed by atoms with E-state index < -0.39 is 0 Å². The van der Waals surface area contributed by atoms with Gasteiger partial charge in [0.25, 0.3) is 0 Å². The average molecular weight is 166 g/mol. The molecule has 0 aromatic heterocycles. The first kappa shape index (κ1) is 9.50. The minimum atomic E-state index is 0. The minimum absolute atomic E-state index is 0. The molecular formula is C6H13NOV. The van der Waals surface area contributed by atoms with E-state index in [1.54, 1.807) is 7.11 Å². The van der Waals surface area contributed by atoms with Crippen LogP contribution in [0, 0.1) is 0 Å². The maximum atomic E-state index is 5.15. The van der Waals surface area contributed by atoms with Gasteiger partial charge in [0, 0.05) is 25.7 Å². The van der Waals surface area contributed by atoms with Crippen LogP contribution in [-0.4, -0.2) is 26.3 Å². The number of rotatable bonds is 1. The van der Waals surface area contributed by atoms with Crippen molar-refractivity contribution < 1.29 is 23.3 Å². The van der Waals surface area contributed by atoms with Crippen LogP contribution in [0.25, 0.3) is 0 Å². The van der Waals surface area contributed by atoms with Crippen LogP contribution in [0.5, 0.6) is 0 Å². The molecule has 0 atom stereocenters. The Morgan fingerprint density at radius 3 is 2.22 bits per heavy atom. The van der Waals surface area contributed by atoms with Crippen LogP contribution in [0.1, 0.15) is 12.8 Å². The van der Waals surface area contributed by atoms with E-state index in [1.807, 2.05) is 0 Å². The van der Waals surface area contributed by atoms with Gasteiger partial charge < -0.3 is 10.1 Å². The van der Waals surface area contributed by atoms with E-state index in [4.69, 9.17) is 4.74 Å². The van der Waals surface area contributed by atoms with Crippen LogP contribution in [0.3, 0.4) is 0 Å². The summed E-state index contributed by atoms with van der Waals surface area (Å²) in [4.78, 5) is 0. The molecule has 1 saturated heterocycles. The fraction of sp³-hybridized carbons (Fsp3) is 1.00. The summed E-state index contributed by atoms with van der Waals surface area (Å²) in [5, 5.41) is 3.27. The third-order valence-electron chi connectivity index (χ3n) is 1.62. The van der Waals surface area contributed by atoms with Crippen molar-refractivity contribution in [3.63, 3.8) is 0 Å². The smallest absolute Gasteiger partial charge is 0.0595 e. The number of piperidine rings is 1. The zero-order chi connectivity index (χ0) is 5.82. The molecule has 1 N–H and O–H groups in total. The molecule has 0 bridgehead atoms. The van der Waals surface area contributed by atoms with E-state index in [9.17, 15) is 0 Å². The normalized spacial score (nSPS) is 21.0. The topological polar surface area (TPSA) is 21.3 Å². The van der Waals surface area contributed by atoms with Crippen LogP contribution in [0.4, 0.5) is 0 Å². The molecular weight excluding hydrogens is 153 g/mol. The zero-order valence-electron chi connectivity index (χ0n) is 5.76. The standard InChI is InChI=1S/C6H13NO.V/c1-8-6-2-4-7-5-3-6;/h6-7H,2-5H2,1H3;. The summed E-state index contributed by atoms with van der Waals surface area (Å²) in [6.45, 7) is 2.25. The first-order valence-corrected chi connectivity index (χ1v) is 3.17. The van der Waals surface area contributed by atoms with Gasteiger partial charge in [-0.25, -0.2) is 0 Å². The Balaban J connectivity index is 0.000000640. The average Bonchev–Trinajstić information content (AvgIpc) is 1.90. The van der Waals surface area contributed by atoms with Gasteiger partial charge in [-0.1, -0.05) is 0 Å². The maximum absolute atomic E-state index is 5.15. The summed E-state index contributed by atoms with van der Waals surface area (Å²) in [5.41, 5.74) is 0. The van der Waals surface area contributed by atoms with Crippen molar-refractivity contribution in [3.8, 4) is 0 Å². The number of methoxy groups -OCH3 is 1. The zero-order valence-corrected chi connectivity index (χ0v) is 7.16. The summed E-state index contributed by atoms with van der Waals surface area (Å²) in [5.74, 6) is 0. The second-order valence-corrected chi connectivity index (χ2v) is 2.19. The van der Waals surface area contributed by atoms with Gasteiger partial charge in [-0.3, -0.25) is 0 Å². The molecule has 0 spiro atoms. The molecule has 53 valence electrons. The molecule has 0 saturated carbocycles. The largest absolute Gasteiger partial charge is 0.381 e. The molecule has 2 nitrogen and oxygen atoms in total. The summed E-state index contributed by atoms with van der Waals surface area (Å²) in [7, 11) is 1.79. The molecule has 1 aliphatic heterocycles. The van der Waals surface area contributed by atoms with Gasteiger partial charge in [0.05, 0.1) is 6.10 Å². The van der Waals surface area contributed by atoms with Crippen molar-refractivity contribution in [1.82, 2.24) is 5.32 Å².